The Morgan fingerprint density at radius 2 is 0.547 bits per heavy atom. The first-order chi connectivity index (χ1) is 64.5. The van der Waals surface area contributed by atoms with E-state index in [1.54, 1.807) is 98.1 Å². The number of para-hydroxylation sites is 4. The predicted octanol–water partition coefficient (Wildman–Crippen LogP) is 24.8. The van der Waals surface area contributed by atoms with Crippen LogP contribution in [0.15, 0.2) is 323 Å². The molecule has 0 unspecified atom stereocenters. The number of phenolic OH excluding ortho intramolecular Hbond substituents is 4. The summed E-state index contributed by atoms with van der Waals surface area (Å²) in [5.74, 6) is 4.30. The van der Waals surface area contributed by atoms with Crippen LogP contribution in [0.4, 0.5) is 0 Å². The number of aryl methyl sites for hydroxylation is 4. The Morgan fingerprint density at radius 1 is 0.277 bits per heavy atom. The van der Waals surface area contributed by atoms with E-state index in [4.69, 9.17) is 19.9 Å². The van der Waals surface area contributed by atoms with Crippen LogP contribution in [0, 0.1) is 30.2 Å². The molecule has 21 rings (SSSR count). The molecular formula is C113H94N16O4Pt4-4. The Hall–Kier alpha value is -14.0. The molecule has 694 valence electrons. The summed E-state index contributed by atoms with van der Waals surface area (Å²) in [5.41, 5.74) is 29.3. The van der Waals surface area contributed by atoms with Crippen molar-refractivity contribution < 1.29 is 105 Å². The van der Waals surface area contributed by atoms with Gasteiger partial charge in [0.05, 0.1) is 44.3 Å². The summed E-state index contributed by atoms with van der Waals surface area (Å²) >= 11 is 0. The molecule has 4 N–H and O–H groups in total. The Kier molecular flexibility index (Phi) is 31.3. The van der Waals surface area contributed by atoms with Gasteiger partial charge in [0.1, 0.15) is 46.3 Å². The molecule has 137 heavy (non-hydrogen) atoms. The molecule has 0 saturated carbocycles. The summed E-state index contributed by atoms with van der Waals surface area (Å²) in [7, 11) is 7.67. The SMILES string of the molecule is CC(C)Cc1cc(-c2ccccn2)[c-]c(-c2ccnc3c2nc(-c2ccccc2O)n3C)c1.CC(C)c1cc(-c2ccccn2)[c-]c(-c2ccnc3c2nc(-c2ccccc2O)n3C)c1.Cn1c(-c2ccccc2O)nc2c(-c3[c-]c(-c4ccccn4)cc(-c4ccccc4)c3)ccnc21.Cn1c(-c2ccccc2O)nc2c(-c3[c-]c(-c4ccccn4)cc(C(C)(C)C)c3)ccnc21.[Pt].[Pt].[Pt].[Pt]. The molecular weight excluding hydrogens is 2430 g/mol. The van der Waals surface area contributed by atoms with Crippen LogP contribution in [0.3, 0.4) is 0 Å². The van der Waals surface area contributed by atoms with Gasteiger partial charge in [0.15, 0.2) is 22.6 Å². The van der Waals surface area contributed by atoms with E-state index in [1.807, 2.05) is 210 Å². The van der Waals surface area contributed by atoms with Crippen LogP contribution in [0.1, 0.15) is 71.1 Å². The molecule has 0 bridgehead atoms. The largest absolute Gasteiger partial charge is 0.507 e. The van der Waals surface area contributed by atoms with Gasteiger partial charge in [0, 0.05) is 185 Å². The van der Waals surface area contributed by atoms with Crippen LogP contribution in [-0.4, -0.2) is 98.5 Å². The fraction of sp³-hybridized carbons (Fsp3) is 0.133. The van der Waals surface area contributed by atoms with Gasteiger partial charge in [-0.25, -0.2) is 39.9 Å². The molecule has 0 aliphatic heterocycles. The summed E-state index contributed by atoms with van der Waals surface area (Å²) in [6.45, 7) is 15.4. The number of pyridine rings is 8. The average Bonchev–Trinajstić information content (AvgIpc) is 1.64. The predicted molar refractivity (Wildman–Crippen MR) is 529 cm³/mol. The Labute approximate surface area is 853 Å². The topological polar surface area (TPSA) is 255 Å². The van der Waals surface area contributed by atoms with Crippen LogP contribution in [-0.2, 0) is 124 Å². The number of benzene rings is 9. The van der Waals surface area contributed by atoms with Crippen molar-refractivity contribution in [3.05, 3.63) is 364 Å². The molecule has 0 fully saturated rings. The second-order valence-corrected chi connectivity index (χ2v) is 34.3. The van der Waals surface area contributed by atoms with E-state index in [9.17, 15) is 20.4 Å². The first-order valence-electron chi connectivity index (χ1n) is 44.0. The molecule has 0 amide bonds. The van der Waals surface area contributed by atoms with Gasteiger partial charge in [0.2, 0.25) is 0 Å². The summed E-state index contributed by atoms with van der Waals surface area (Å²) in [4.78, 5) is 56.2. The third kappa shape index (κ3) is 21.2. The van der Waals surface area contributed by atoms with Gasteiger partial charge in [0.25, 0.3) is 0 Å². The van der Waals surface area contributed by atoms with Gasteiger partial charge >= 0.3 is 0 Å². The molecule has 9 aromatic carbocycles. The van der Waals surface area contributed by atoms with Crippen molar-refractivity contribution in [1.29, 1.82) is 0 Å². The van der Waals surface area contributed by atoms with E-state index in [1.165, 1.54) is 16.7 Å². The number of fused-ring (bicyclic) bond motifs is 4. The van der Waals surface area contributed by atoms with Gasteiger partial charge in [-0.3, -0.25) is 19.9 Å². The van der Waals surface area contributed by atoms with Crippen LogP contribution < -0.4 is 0 Å². The summed E-state index contributed by atoms with van der Waals surface area (Å²) in [6.07, 6.45) is 15.3. The maximum absolute atomic E-state index is 10.4. The molecule has 0 aliphatic carbocycles. The molecule has 12 heterocycles. The molecule has 12 aromatic heterocycles. The Balaban J connectivity index is 0.000000145. The molecule has 0 spiro atoms. The molecule has 0 aliphatic rings. The van der Waals surface area contributed by atoms with Crippen molar-refractivity contribution in [3.63, 3.8) is 0 Å². The van der Waals surface area contributed by atoms with Crippen LogP contribution in [0.5, 0.6) is 23.0 Å². The first-order valence-corrected chi connectivity index (χ1v) is 44.0. The zero-order valence-electron chi connectivity index (χ0n) is 76.7. The number of nitrogens with zero attached hydrogens (tertiary/aromatic N) is 16. The standard InChI is InChI=1S/C30H21N4O.2C28H25N4O.C27H23N4O.4Pt/c1-34-29(25-11-5-6-13-27(25)35)33-28-24(14-16-32-30(28)34)22-17-21(20-9-3-2-4-10-20)18-23(19-22)26-12-7-8-15-31-26;1-28(2,3)20-16-18(15-19(17-20)23-10-7-8-13-29-23)21-12-14-30-27-25(21)31-26(32(27)4)22-9-5-6-11-24(22)33;1-18(2)14-19-15-20(17-21(16-19)24-9-6-7-12-29-24)22-11-13-30-28-26(22)31-27(32(28)3)23-8-4-5-10-25(23)33;1-17(2)18-14-19(16-20(15-18)23-9-6-7-12-28-23)21-11-13-29-27-25(21)30-26(31(27)3)22-8-4-5-10-24(22)32;;;;/h2-18,35H,1H3;5-14,16-17,33H,1-4H3;4-13,15-16,18,33H,14H2,1-3H3;4-15,17,32H,1-3H3;;;;/q4*-1;;;;. The summed E-state index contributed by atoms with van der Waals surface area (Å²) in [5, 5.41) is 41.6. The average molecular weight is 2520 g/mol. The number of aromatic hydroxyl groups is 4. The molecule has 0 atom stereocenters. The van der Waals surface area contributed by atoms with Crippen LogP contribution in [0.25, 0.3) is 191 Å². The molecule has 0 radical (unpaired) electrons. The van der Waals surface area contributed by atoms with Crippen molar-refractivity contribution in [2.75, 3.05) is 0 Å². The fourth-order valence-corrected chi connectivity index (χ4v) is 16.5. The van der Waals surface area contributed by atoms with Crippen molar-refractivity contribution in [3.8, 4) is 169 Å². The van der Waals surface area contributed by atoms with Crippen LogP contribution >= 0.6 is 0 Å². The first kappa shape index (κ1) is 99.0. The smallest absolute Gasteiger partial charge is 0.152 e. The van der Waals surface area contributed by atoms with Gasteiger partial charge in [-0.1, -0.05) is 250 Å². The number of aromatic nitrogens is 16. The van der Waals surface area contributed by atoms with E-state index in [2.05, 4.69) is 173 Å². The van der Waals surface area contributed by atoms with Crippen molar-refractivity contribution in [2.24, 2.45) is 34.1 Å². The normalized spacial score (nSPS) is 11.1. The number of hydrogen-bond acceptors (Lipinski definition) is 16. The second-order valence-electron chi connectivity index (χ2n) is 34.3. The van der Waals surface area contributed by atoms with E-state index in [-0.39, 0.29) is 113 Å². The fourth-order valence-electron chi connectivity index (χ4n) is 16.5. The molecule has 0 saturated heterocycles. The number of imidazole rings is 4. The zero-order valence-corrected chi connectivity index (χ0v) is 85.8. The number of rotatable bonds is 16. The second kappa shape index (κ2) is 43.4. The third-order valence-electron chi connectivity index (χ3n) is 23.4. The maximum atomic E-state index is 10.4. The van der Waals surface area contributed by atoms with E-state index >= 15 is 0 Å². The minimum Gasteiger partial charge on any atom is -0.507 e. The molecule has 20 nitrogen and oxygen atoms in total. The molecule has 21 aromatic rings. The minimum absolute atomic E-state index is 0. The van der Waals surface area contributed by atoms with Gasteiger partial charge < -0.3 is 38.7 Å². The van der Waals surface area contributed by atoms with Crippen molar-refractivity contribution >= 4 is 44.7 Å². The van der Waals surface area contributed by atoms with Gasteiger partial charge in [-0.15, -0.1) is 112 Å². The zero-order chi connectivity index (χ0) is 92.1. The quantitative estimate of drug-likeness (QED) is 0.0656. The van der Waals surface area contributed by atoms with Crippen molar-refractivity contribution in [2.45, 2.75) is 66.2 Å². The van der Waals surface area contributed by atoms with E-state index < -0.39 is 0 Å². The van der Waals surface area contributed by atoms with Gasteiger partial charge in [-0.05, 0) is 102 Å². The third-order valence-corrected chi connectivity index (χ3v) is 23.4. The number of hydrogen-bond donors (Lipinski definition) is 4. The molecule has 24 heteroatoms. The number of phenols is 4. The Morgan fingerprint density at radius 3 is 0.869 bits per heavy atom. The van der Waals surface area contributed by atoms with E-state index in [0.717, 1.165) is 152 Å². The maximum Gasteiger partial charge on any atom is 0.152 e. The summed E-state index contributed by atoms with van der Waals surface area (Å²) in [6, 6.07) is 102. The van der Waals surface area contributed by atoms with E-state index in [0.29, 0.717) is 57.4 Å². The monoisotopic (exact) mass is 2520 g/mol. The van der Waals surface area contributed by atoms with Crippen LogP contribution in [0.2, 0.25) is 0 Å². The summed E-state index contributed by atoms with van der Waals surface area (Å²) < 4.78 is 7.67. The minimum atomic E-state index is -0.0510. The Bertz CT molecular complexity index is 7790. The van der Waals surface area contributed by atoms with Crippen molar-refractivity contribution in [1.82, 2.24) is 78.1 Å². The van der Waals surface area contributed by atoms with Gasteiger partial charge in [-0.2, -0.15) is 0 Å².